The van der Waals surface area contributed by atoms with Crippen molar-refractivity contribution in [2.75, 3.05) is 5.32 Å². The molecule has 1 aromatic heterocycles. The third-order valence-corrected chi connectivity index (χ3v) is 4.98. The van der Waals surface area contributed by atoms with Gasteiger partial charge in [0, 0.05) is 6.04 Å². The van der Waals surface area contributed by atoms with Gasteiger partial charge in [-0.3, -0.25) is 5.32 Å². The Bertz CT molecular complexity index is 631. The molecule has 0 saturated heterocycles. The highest BCUT2D eigenvalue weighted by atomic mass is 32.1. The Kier molecular flexibility index (Phi) is 4.39. The first-order chi connectivity index (χ1) is 10.3. The molecule has 1 saturated carbocycles. The van der Waals surface area contributed by atoms with Crippen molar-refractivity contribution in [3.8, 4) is 0 Å². The van der Waals surface area contributed by atoms with Crippen molar-refractivity contribution in [2.24, 2.45) is 0 Å². The van der Waals surface area contributed by atoms with Gasteiger partial charge in [0.05, 0.1) is 10.2 Å². The first-order valence-corrected chi connectivity index (χ1v) is 8.54. The number of aryl methyl sites for hydroxylation is 1. The zero-order chi connectivity index (χ0) is 14.7. The maximum atomic E-state index is 12.1. The number of hydrogen-bond acceptors (Lipinski definition) is 3. The van der Waals surface area contributed by atoms with Crippen molar-refractivity contribution < 1.29 is 4.79 Å². The Morgan fingerprint density at radius 3 is 2.90 bits per heavy atom. The van der Waals surface area contributed by atoms with E-state index in [2.05, 4.69) is 34.7 Å². The van der Waals surface area contributed by atoms with Gasteiger partial charge in [0.2, 0.25) is 0 Å². The molecular weight excluding hydrogens is 282 g/mol. The molecule has 0 aliphatic heterocycles. The smallest absolute Gasteiger partial charge is 0.321 e. The van der Waals surface area contributed by atoms with E-state index in [0.29, 0.717) is 11.2 Å². The lowest BCUT2D eigenvalue weighted by Gasteiger charge is -2.22. The third-order valence-electron chi connectivity index (χ3n) is 4.04. The quantitative estimate of drug-likeness (QED) is 0.887. The van der Waals surface area contributed by atoms with Crippen LogP contribution in [0.25, 0.3) is 10.2 Å². The van der Waals surface area contributed by atoms with Gasteiger partial charge in [-0.15, -0.1) is 0 Å². The summed E-state index contributed by atoms with van der Waals surface area (Å²) in [5.41, 5.74) is 2.24. The Hall–Kier alpha value is -1.62. The lowest BCUT2D eigenvalue weighted by atomic mass is 9.96. The summed E-state index contributed by atoms with van der Waals surface area (Å²) >= 11 is 1.53. The summed E-state index contributed by atoms with van der Waals surface area (Å²) < 4.78 is 1.13. The highest BCUT2D eigenvalue weighted by Crippen LogP contribution is 2.28. The maximum absolute atomic E-state index is 12.1. The summed E-state index contributed by atoms with van der Waals surface area (Å²) in [6, 6.07) is 6.38. The molecule has 1 heterocycles. The molecule has 5 heteroatoms. The molecular formula is C16H21N3OS. The molecule has 112 valence electrons. The normalized spacial score (nSPS) is 16.0. The second-order valence-electron chi connectivity index (χ2n) is 5.57. The van der Waals surface area contributed by atoms with Gasteiger partial charge in [0.15, 0.2) is 5.13 Å². The molecule has 4 nitrogen and oxygen atoms in total. The summed E-state index contributed by atoms with van der Waals surface area (Å²) in [6.45, 7) is 2.12. The second-order valence-corrected chi connectivity index (χ2v) is 6.60. The standard InChI is InChI=1S/C16H21N3OS/c1-2-11-7-6-10-13-14(11)18-16(21-13)19-15(20)17-12-8-4-3-5-9-12/h6-7,10,12H,2-5,8-9H2,1H3,(H2,17,18,19,20). The van der Waals surface area contributed by atoms with Crippen LogP contribution in [0.5, 0.6) is 0 Å². The molecule has 1 aliphatic rings. The summed E-state index contributed by atoms with van der Waals surface area (Å²) in [6.07, 6.45) is 6.85. The van der Waals surface area contributed by atoms with Gasteiger partial charge < -0.3 is 5.32 Å². The van der Waals surface area contributed by atoms with Gasteiger partial charge in [-0.05, 0) is 30.9 Å². The first-order valence-electron chi connectivity index (χ1n) is 7.72. The van der Waals surface area contributed by atoms with Crippen LogP contribution in [0.3, 0.4) is 0 Å². The molecule has 2 amide bonds. The zero-order valence-electron chi connectivity index (χ0n) is 12.3. The molecule has 0 bridgehead atoms. The average Bonchev–Trinajstić information content (AvgIpc) is 2.90. The Balaban J connectivity index is 1.68. The van der Waals surface area contributed by atoms with Crippen LogP contribution in [-0.2, 0) is 6.42 Å². The molecule has 21 heavy (non-hydrogen) atoms. The van der Waals surface area contributed by atoms with Gasteiger partial charge in [-0.1, -0.05) is 49.7 Å². The summed E-state index contributed by atoms with van der Waals surface area (Å²) in [5.74, 6) is 0. The van der Waals surface area contributed by atoms with Gasteiger partial charge in [0.1, 0.15) is 0 Å². The number of nitrogens with zero attached hydrogens (tertiary/aromatic N) is 1. The van der Waals surface area contributed by atoms with E-state index in [1.54, 1.807) is 0 Å². The van der Waals surface area contributed by atoms with Crippen LogP contribution in [0, 0.1) is 0 Å². The van der Waals surface area contributed by atoms with Crippen LogP contribution in [0.15, 0.2) is 18.2 Å². The van der Waals surface area contributed by atoms with Crippen LogP contribution in [0.2, 0.25) is 0 Å². The third kappa shape index (κ3) is 3.35. The fourth-order valence-electron chi connectivity index (χ4n) is 2.91. The van der Waals surface area contributed by atoms with Crippen molar-refractivity contribution in [3.63, 3.8) is 0 Å². The van der Waals surface area contributed by atoms with E-state index >= 15 is 0 Å². The zero-order valence-corrected chi connectivity index (χ0v) is 13.1. The number of para-hydroxylation sites is 1. The number of hydrogen-bond donors (Lipinski definition) is 2. The number of benzene rings is 1. The molecule has 1 fully saturated rings. The SMILES string of the molecule is CCc1cccc2sc(NC(=O)NC3CCCCC3)nc12. The van der Waals surface area contributed by atoms with Crippen LogP contribution in [-0.4, -0.2) is 17.1 Å². The molecule has 2 N–H and O–H groups in total. The second kappa shape index (κ2) is 6.43. The lowest BCUT2D eigenvalue weighted by Crippen LogP contribution is -2.38. The lowest BCUT2D eigenvalue weighted by molar-refractivity contribution is 0.244. The number of nitrogens with one attached hydrogen (secondary N) is 2. The van der Waals surface area contributed by atoms with Gasteiger partial charge >= 0.3 is 6.03 Å². The molecule has 1 aliphatic carbocycles. The monoisotopic (exact) mass is 303 g/mol. The van der Waals surface area contributed by atoms with E-state index in [1.807, 2.05) is 6.07 Å². The highest BCUT2D eigenvalue weighted by molar-refractivity contribution is 7.22. The number of aromatic nitrogens is 1. The molecule has 2 aromatic rings. The van der Waals surface area contributed by atoms with E-state index in [0.717, 1.165) is 29.5 Å². The Morgan fingerprint density at radius 2 is 2.14 bits per heavy atom. The molecule has 3 rings (SSSR count). The molecule has 1 aromatic carbocycles. The summed E-state index contributed by atoms with van der Waals surface area (Å²) in [7, 11) is 0. The van der Waals surface area contributed by atoms with Crippen molar-refractivity contribution in [1.82, 2.24) is 10.3 Å². The topological polar surface area (TPSA) is 54.0 Å². The minimum atomic E-state index is -0.126. The minimum absolute atomic E-state index is 0.126. The number of urea groups is 1. The number of thiazole rings is 1. The highest BCUT2D eigenvalue weighted by Gasteiger charge is 2.16. The fraction of sp³-hybridized carbons (Fsp3) is 0.500. The van der Waals surface area contributed by atoms with Crippen LogP contribution in [0.4, 0.5) is 9.93 Å². The molecule has 0 spiro atoms. The van der Waals surface area contributed by atoms with E-state index in [4.69, 9.17) is 0 Å². The number of fused-ring (bicyclic) bond motifs is 1. The largest absolute Gasteiger partial charge is 0.335 e. The van der Waals surface area contributed by atoms with E-state index in [1.165, 1.54) is 36.2 Å². The van der Waals surface area contributed by atoms with Gasteiger partial charge in [-0.2, -0.15) is 0 Å². The van der Waals surface area contributed by atoms with Crippen LogP contribution < -0.4 is 10.6 Å². The number of rotatable bonds is 3. The number of carbonyl (C=O) groups excluding carboxylic acids is 1. The van der Waals surface area contributed by atoms with Gasteiger partial charge in [-0.25, -0.2) is 9.78 Å². The Morgan fingerprint density at radius 1 is 1.33 bits per heavy atom. The van der Waals surface area contributed by atoms with E-state index < -0.39 is 0 Å². The van der Waals surface area contributed by atoms with E-state index in [-0.39, 0.29) is 6.03 Å². The number of carbonyl (C=O) groups is 1. The summed E-state index contributed by atoms with van der Waals surface area (Å²) in [4.78, 5) is 16.6. The Labute approximate surface area is 129 Å². The van der Waals surface area contributed by atoms with Crippen molar-refractivity contribution >= 4 is 32.7 Å². The minimum Gasteiger partial charge on any atom is -0.335 e. The van der Waals surface area contributed by atoms with Crippen LogP contribution >= 0.6 is 11.3 Å². The molecule has 0 unspecified atom stereocenters. The van der Waals surface area contributed by atoms with Crippen molar-refractivity contribution in [3.05, 3.63) is 23.8 Å². The summed E-state index contributed by atoms with van der Waals surface area (Å²) in [5, 5.41) is 6.62. The van der Waals surface area contributed by atoms with Gasteiger partial charge in [0.25, 0.3) is 0 Å². The van der Waals surface area contributed by atoms with Crippen LogP contribution in [0.1, 0.15) is 44.6 Å². The number of amides is 2. The van der Waals surface area contributed by atoms with Crippen molar-refractivity contribution in [2.45, 2.75) is 51.5 Å². The van der Waals surface area contributed by atoms with Crippen molar-refractivity contribution in [1.29, 1.82) is 0 Å². The van der Waals surface area contributed by atoms with E-state index in [9.17, 15) is 4.79 Å². The first kappa shape index (κ1) is 14.3. The number of anilines is 1. The molecule has 0 radical (unpaired) electrons. The predicted molar refractivity (Wildman–Crippen MR) is 88.0 cm³/mol. The molecule has 0 atom stereocenters. The predicted octanol–water partition coefficient (Wildman–Crippen LogP) is 4.31. The average molecular weight is 303 g/mol. The fourth-order valence-corrected chi connectivity index (χ4v) is 3.82. The maximum Gasteiger partial charge on any atom is 0.321 e.